The van der Waals surface area contributed by atoms with Crippen LogP contribution in [0.1, 0.15) is 19.4 Å². The normalized spacial score (nSPS) is 29.7. The number of hydrogen-bond donors (Lipinski definition) is 0. The average molecular weight is 318 g/mol. The van der Waals surface area contributed by atoms with Crippen molar-refractivity contribution >= 4 is 12.0 Å². The number of rotatable bonds is 5. The van der Waals surface area contributed by atoms with Crippen LogP contribution in [-0.4, -0.2) is 44.1 Å². The van der Waals surface area contributed by atoms with Crippen molar-refractivity contribution < 1.29 is 23.7 Å². The van der Waals surface area contributed by atoms with E-state index in [9.17, 15) is 4.79 Å². The number of hydrogen-bond acceptors (Lipinski definition) is 5. The van der Waals surface area contributed by atoms with Crippen molar-refractivity contribution in [1.29, 1.82) is 0 Å². The largest absolute Gasteiger partial charge is 0.494 e. The van der Waals surface area contributed by atoms with Crippen LogP contribution in [0.3, 0.4) is 0 Å². The molecule has 0 aliphatic carbocycles. The Morgan fingerprint density at radius 1 is 1.22 bits per heavy atom. The SMILES string of the molecule is CCOc1ccc(/C=C/C(=O)O[C@@H]2CO[C@H]3[C@@H]2OC[C@@H]3C)cc1. The molecule has 0 spiro atoms. The van der Waals surface area contributed by atoms with Gasteiger partial charge in [-0.15, -0.1) is 0 Å². The van der Waals surface area contributed by atoms with Gasteiger partial charge in [0.1, 0.15) is 11.9 Å². The van der Waals surface area contributed by atoms with Crippen molar-refractivity contribution in [3.8, 4) is 5.75 Å². The third-order valence-corrected chi connectivity index (χ3v) is 4.13. The minimum atomic E-state index is -0.378. The molecule has 2 heterocycles. The van der Waals surface area contributed by atoms with E-state index in [0.717, 1.165) is 11.3 Å². The third kappa shape index (κ3) is 3.74. The lowest BCUT2D eigenvalue weighted by molar-refractivity contribution is -0.147. The molecule has 4 atom stereocenters. The lowest BCUT2D eigenvalue weighted by Gasteiger charge is -2.15. The summed E-state index contributed by atoms with van der Waals surface area (Å²) in [5, 5.41) is 0. The maximum atomic E-state index is 12.0. The maximum absolute atomic E-state index is 12.0. The minimum Gasteiger partial charge on any atom is -0.494 e. The highest BCUT2D eigenvalue weighted by Crippen LogP contribution is 2.32. The average Bonchev–Trinajstić information content (AvgIpc) is 3.11. The van der Waals surface area contributed by atoms with Gasteiger partial charge in [-0.25, -0.2) is 4.79 Å². The van der Waals surface area contributed by atoms with Crippen LogP contribution >= 0.6 is 0 Å². The summed E-state index contributed by atoms with van der Waals surface area (Å²) in [5.74, 6) is 0.785. The second kappa shape index (κ2) is 7.15. The first-order valence-electron chi connectivity index (χ1n) is 8.02. The highest BCUT2D eigenvalue weighted by Gasteiger charge is 2.47. The van der Waals surface area contributed by atoms with Gasteiger partial charge < -0.3 is 18.9 Å². The summed E-state index contributed by atoms with van der Waals surface area (Å²) in [4.78, 5) is 12.0. The van der Waals surface area contributed by atoms with E-state index < -0.39 is 0 Å². The quantitative estimate of drug-likeness (QED) is 0.616. The van der Waals surface area contributed by atoms with Crippen LogP contribution in [0.15, 0.2) is 30.3 Å². The van der Waals surface area contributed by atoms with Gasteiger partial charge in [0, 0.05) is 12.0 Å². The second-order valence-electron chi connectivity index (χ2n) is 5.88. The molecule has 0 aromatic heterocycles. The summed E-state index contributed by atoms with van der Waals surface area (Å²) in [6.07, 6.45) is 2.75. The maximum Gasteiger partial charge on any atom is 0.331 e. The van der Waals surface area contributed by atoms with E-state index in [1.54, 1.807) is 6.08 Å². The number of carbonyl (C=O) groups is 1. The fourth-order valence-electron chi connectivity index (χ4n) is 2.95. The molecule has 2 aliphatic rings. The van der Waals surface area contributed by atoms with Crippen LogP contribution in [0.5, 0.6) is 5.75 Å². The fourth-order valence-corrected chi connectivity index (χ4v) is 2.95. The molecule has 2 saturated heterocycles. The monoisotopic (exact) mass is 318 g/mol. The lowest BCUT2D eigenvalue weighted by atomic mass is 10.0. The Hall–Kier alpha value is -1.85. The van der Waals surface area contributed by atoms with E-state index in [0.29, 0.717) is 25.7 Å². The van der Waals surface area contributed by atoms with Crippen LogP contribution in [0.2, 0.25) is 0 Å². The van der Waals surface area contributed by atoms with Crippen molar-refractivity contribution in [2.24, 2.45) is 5.92 Å². The van der Waals surface area contributed by atoms with Gasteiger partial charge in [-0.1, -0.05) is 19.1 Å². The zero-order valence-electron chi connectivity index (χ0n) is 13.4. The third-order valence-electron chi connectivity index (χ3n) is 4.13. The predicted octanol–water partition coefficient (Wildman–Crippen LogP) is 2.44. The summed E-state index contributed by atoms with van der Waals surface area (Å²) in [6, 6.07) is 7.53. The molecule has 2 fully saturated rings. The summed E-state index contributed by atoms with van der Waals surface area (Å²) in [7, 11) is 0. The van der Waals surface area contributed by atoms with Gasteiger partial charge in [-0.3, -0.25) is 0 Å². The Bertz CT molecular complexity index is 565. The van der Waals surface area contributed by atoms with E-state index in [-0.39, 0.29) is 24.3 Å². The number of esters is 1. The van der Waals surface area contributed by atoms with Crippen molar-refractivity contribution in [2.45, 2.75) is 32.2 Å². The molecule has 0 saturated carbocycles. The highest BCUT2D eigenvalue weighted by atomic mass is 16.6. The molecule has 2 aliphatic heterocycles. The van der Waals surface area contributed by atoms with Crippen molar-refractivity contribution in [3.63, 3.8) is 0 Å². The molecule has 0 bridgehead atoms. The molecule has 5 nitrogen and oxygen atoms in total. The van der Waals surface area contributed by atoms with E-state index in [1.807, 2.05) is 31.2 Å². The Labute approximate surface area is 136 Å². The fraction of sp³-hybridized carbons (Fsp3) is 0.500. The van der Waals surface area contributed by atoms with Crippen molar-refractivity contribution in [2.75, 3.05) is 19.8 Å². The van der Waals surface area contributed by atoms with Gasteiger partial charge in [0.15, 0.2) is 6.10 Å². The number of ether oxygens (including phenoxy) is 4. The molecular formula is C18H22O5. The first-order valence-corrected chi connectivity index (χ1v) is 8.02. The van der Waals surface area contributed by atoms with Gasteiger partial charge in [-0.05, 0) is 30.7 Å². The number of carbonyl (C=O) groups excluding carboxylic acids is 1. The lowest BCUT2D eigenvalue weighted by Crippen LogP contribution is -2.32. The van der Waals surface area contributed by atoms with Gasteiger partial charge in [0.05, 0.1) is 25.9 Å². The topological polar surface area (TPSA) is 54.0 Å². The minimum absolute atomic E-state index is 0.0443. The Morgan fingerprint density at radius 2 is 1.96 bits per heavy atom. The summed E-state index contributed by atoms with van der Waals surface area (Å²) >= 11 is 0. The first kappa shape index (κ1) is 16.0. The molecule has 0 N–H and O–H groups in total. The van der Waals surface area contributed by atoms with Gasteiger partial charge in [0.25, 0.3) is 0 Å². The van der Waals surface area contributed by atoms with Crippen LogP contribution in [0, 0.1) is 5.92 Å². The van der Waals surface area contributed by atoms with Crippen molar-refractivity contribution in [1.82, 2.24) is 0 Å². The zero-order chi connectivity index (χ0) is 16.2. The Kier molecular flexibility index (Phi) is 4.98. The van der Waals surface area contributed by atoms with E-state index in [1.165, 1.54) is 6.08 Å². The van der Waals surface area contributed by atoms with Gasteiger partial charge >= 0.3 is 5.97 Å². The van der Waals surface area contributed by atoms with E-state index in [4.69, 9.17) is 18.9 Å². The molecule has 23 heavy (non-hydrogen) atoms. The summed E-state index contributed by atoms with van der Waals surface area (Å²) in [5.41, 5.74) is 0.914. The molecular weight excluding hydrogens is 296 g/mol. The molecule has 0 radical (unpaired) electrons. The highest BCUT2D eigenvalue weighted by molar-refractivity contribution is 5.87. The van der Waals surface area contributed by atoms with Crippen molar-refractivity contribution in [3.05, 3.63) is 35.9 Å². The molecule has 5 heteroatoms. The van der Waals surface area contributed by atoms with E-state index >= 15 is 0 Å². The van der Waals surface area contributed by atoms with E-state index in [2.05, 4.69) is 6.92 Å². The molecule has 1 aromatic rings. The Morgan fingerprint density at radius 3 is 2.70 bits per heavy atom. The molecule has 0 unspecified atom stereocenters. The predicted molar refractivity (Wildman–Crippen MR) is 85.2 cm³/mol. The number of fused-ring (bicyclic) bond motifs is 1. The van der Waals surface area contributed by atoms with Crippen LogP contribution in [0.4, 0.5) is 0 Å². The number of benzene rings is 1. The molecule has 1 aromatic carbocycles. The first-order chi connectivity index (χ1) is 11.2. The molecule has 0 amide bonds. The second-order valence-corrected chi connectivity index (χ2v) is 5.88. The molecule has 124 valence electrons. The van der Waals surface area contributed by atoms with Gasteiger partial charge in [-0.2, -0.15) is 0 Å². The molecule has 3 rings (SSSR count). The zero-order valence-corrected chi connectivity index (χ0v) is 13.4. The van der Waals surface area contributed by atoms with Crippen LogP contribution in [-0.2, 0) is 19.0 Å². The standard InChI is InChI=1S/C18H22O5/c1-3-20-14-7-4-13(5-8-14)6-9-16(19)23-15-11-22-17-12(2)10-21-18(15)17/h4-9,12,15,17-18H,3,10-11H2,1-2H3/b9-6+/t12-,15+,17+,18+/m0/s1. The van der Waals surface area contributed by atoms with Crippen LogP contribution in [0.25, 0.3) is 6.08 Å². The van der Waals surface area contributed by atoms with Crippen LogP contribution < -0.4 is 4.74 Å². The van der Waals surface area contributed by atoms with Gasteiger partial charge in [0.2, 0.25) is 0 Å². The Balaban J connectivity index is 1.53. The summed E-state index contributed by atoms with van der Waals surface area (Å²) < 4.78 is 22.2. The summed E-state index contributed by atoms with van der Waals surface area (Å²) in [6.45, 7) is 5.72. The smallest absolute Gasteiger partial charge is 0.331 e.